The molecule has 35 heavy (non-hydrogen) atoms. The average molecular weight is 481 g/mol. The van der Waals surface area contributed by atoms with Crippen molar-refractivity contribution in [3.63, 3.8) is 0 Å². The predicted molar refractivity (Wildman–Crippen MR) is 136 cm³/mol. The first kappa shape index (κ1) is 25.8. The van der Waals surface area contributed by atoms with Crippen LogP contribution in [0, 0.1) is 23.0 Å². The van der Waals surface area contributed by atoms with Crippen molar-refractivity contribution < 1.29 is 14.5 Å². The molecule has 0 aliphatic carbocycles. The smallest absolute Gasteiger partial charge is 0.293 e. The minimum atomic E-state index is -0.796. The molecule has 1 fully saturated rings. The summed E-state index contributed by atoms with van der Waals surface area (Å²) in [6.45, 7) is 8.68. The molecule has 10 heteroatoms. The highest BCUT2D eigenvalue weighted by molar-refractivity contribution is 5.97. The van der Waals surface area contributed by atoms with Gasteiger partial charge in [0.2, 0.25) is 0 Å². The first-order valence-corrected chi connectivity index (χ1v) is 11.6. The van der Waals surface area contributed by atoms with E-state index in [-0.39, 0.29) is 17.5 Å². The van der Waals surface area contributed by atoms with Crippen LogP contribution in [0.15, 0.2) is 47.6 Å². The zero-order chi connectivity index (χ0) is 25.5. The summed E-state index contributed by atoms with van der Waals surface area (Å²) in [4.78, 5) is 40.7. The van der Waals surface area contributed by atoms with Crippen molar-refractivity contribution in [2.45, 2.75) is 26.8 Å². The molecule has 3 rings (SSSR count). The van der Waals surface area contributed by atoms with E-state index in [4.69, 9.17) is 0 Å². The van der Waals surface area contributed by atoms with E-state index in [0.717, 1.165) is 18.7 Å². The number of hydrogen-bond donors (Lipinski definition) is 2. The fourth-order valence-corrected chi connectivity index (χ4v) is 3.79. The number of likely N-dealkylation sites (N-methyl/N-ethyl adjacent to an activating group) is 1. The molecule has 0 radical (unpaired) electrons. The molecular weight excluding hydrogens is 448 g/mol. The first-order valence-electron chi connectivity index (χ1n) is 11.6. The van der Waals surface area contributed by atoms with Gasteiger partial charge in [0.1, 0.15) is 11.7 Å². The van der Waals surface area contributed by atoms with Crippen molar-refractivity contribution in [1.29, 1.82) is 0 Å². The van der Waals surface area contributed by atoms with Crippen LogP contribution in [0.3, 0.4) is 0 Å². The normalized spacial score (nSPS) is 15.3. The maximum atomic E-state index is 12.7. The van der Waals surface area contributed by atoms with Gasteiger partial charge in [0, 0.05) is 43.4 Å². The number of rotatable bonds is 8. The summed E-state index contributed by atoms with van der Waals surface area (Å²) in [5, 5.41) is 18.4. The molecule has 2 aromatic rings. The number of nitro benzene ring substituents is 1. The van der Waals surface area contributed by atoms with Crippen molar-refractivity contribution >= 4 is 29.4 Å². The number of hydrogen-bond acceptors (Lipinski definition) is 7. The van der Waals surface area contributed by atoms with E-state index >= 15 is 0 Å². The van der Waals surface area contributed by atoms with E-state index in [2.05, 4.69) is 20.7 Å². The molecule has 2 N–H and O–H groups in total. The number of carbonyl (C=O) groups is 2. The van der Waals surface area contributed by atoms with E-state index < -0.39 is 16.9 Å². The Hall–Kier alpha value is -3.79. The minimum absolute atomic E-state index is 0.00440. The molecule has 1 saturated heterocycles. The third kappa shape index (κ3) is 6.86. The number of nitrogens with one attached hydrogen (secondary N) is 2. The summed E-state index contributed by atoms with van der Waals surface area (Å²) in [6.07, 6.45) is 1.36. The molecule has 186 valence electrons. The van der Waals surface area contributed by atoms with Crippen molar-refractivity contribution in [2.24, 2.45) is 11.0 Å². The highest BCUT2D eigenvalue weighted by atomic mass is 16.6. The van der Waals surface area contributed by atoms with Crippen LogP contribution in [0.5, 0.6) is 0 Å². The molecule has 10 nitrogen and oxygen atoms in total. The van der Waals surface area contributed by atoms with Gasteiger partial charge in [-0.15, -0.1) is 0 Å². The second-order valence-electron chi connectivity index (χ2n) is 9.09. The van der Waals surface area contributed by atoms with Gasteiger partial charge in [0.05, 0.1) is 11.1 Å². The lowest BCUT2D eigenvalue weighted by Crippen LogP contribution is -2.48. The van der Waals surface area contributed by atoms with Gasteiger partial charge in [-0.3, -0.25) is 19.7 Å². The van der Waals surface area contributed by atoms with Crippen LogP contribution in [0.25, 0.3) is 0 Å². The molecule has 0 bridgehead atoms. The molecule has 2 amide bonds. The number of nitro groups is 1. The van der Waals surface area contributed by atoms with Crippen LogP contribution >= 0.6 is 0 Å². The maximum absolute atomic E-state index is 12.7. The zero-order valence-electron chi connectivity index (χ0n) is 20.5. The number of aryl methyl sites for hydroxylation is 1. The highest BCUT2D eigenvalue weighted by Crippen LogP contribution is 2.29. The van der Waals surface area contributed by atoms with Crippen LogP contribution in [0.1, 0.15) is 35.3 Å². The number of hydrazone groups is 1. The van der Waals surface area contributed by atoms with Crippen LogP contribution in [0.4, 0.5) is 11.4 Å². The van der Waals surface area contributed by atoms with Gasteiger partial charge < -0.3 is 15.1 Å². The van der Waals surface area contributed by atoms with Gasteiger partial charge in [-0.1, -0.05) is 37.6 Å². The van der Waals surface area contributed by atoms with E-state index in [1.54, 1.807) is 24.3 Å². The second kappa shape index (κ2) is 11.6. The molecule has 1 heterocycles. The number of anilines is 1. The number of carbonyl (C=O) groups excluding carboxylic acids is 2. The minimum Gasteiger partial charge on any atom is -0.363 e. The fraction of sp³-hybridized carbons (Fsp3) is 0.400. The van der Waals surface area contributed by atoms with Crippen molar-refractivity contribution in [2.75, 3.05) is 38.1 Å². The molecule has 2 aromatic carbocycles. The fourth-order valence-electron chi connectivity index (χ4n) is 3.79. The first-order chi connectivity index (χ1) is 16.7. The number of benzene rings is 2. The zero-order valence-corrected chi connectivity index (χ0v) is 20.5. The quantitative estimate of drug-likeness (QED) is 0.340. The Labute approximate surface area is 205 Å². The summed E-state index contributed by atoms with van der Waals surface area (Å²) in [6, 6.07) is 11.2. The van der Waals surface area contributed by atoms with Gasteiger partial charge in [-0.05, 0) is 38.1 Å². The Morgan fingerprint density at radius 2 is 1.74 bits per heavy atom. The Kier molecular flexibility index (Phi) is 8.53. The summed E-state index contributed by atoms with van der Waals surface area (Å²) in [5.74, 6) is -0.998. The molecule has 1 aliphatic heterocycles. The number of piperazine rings is 1. The van der Waals surface area contributed by atoms with Gasteiger partial charge in [-0.2, -0.15) is 5.10 Å². The van der Waals surface area contributed by atoms with E-state index in [1.165, 1.54) is 12.3 Å². The second-order valence-corrected chi connectivity index (χ2v) is 9.09. The van der Waals surface area contributed by atoms with Crippen molar-refractivity contribution in [3.05, 3.63) is 69.3 Å². The topological polar surface area (TPSA) is 120 Å². The molecule has 1 atom stereocenters. The van der Waals surface area contributed by atoms with Gasteiger partial charge in [0.15, 0.2) is 0 Å². The van der Waals surface area contributed by atoms with Gasteiger partial charge >= 0.3 is 0 Å². The lowest BCUT2D eigenvalue weighted by Gasteiger charge is -2.33. The van der Waals surface area contributed by atoms with Crippen LogP contribution in [-0.2, 0) is 4.79 Å². The Morgan fingerprint density at radius 3 is 2.34 bits per heavy atom. The maximum Gasteiger partial charge on any atom is 0.293 e. The van der Waals surface area contributed by atoms with E-state index in [0.29, 0.717) is 29.9 Å². The van der Waals surface area contributed by atoms with Crippen molar-refractivity contribution in [3.8, 4) is 0 Å². The standard InChI is InChI=1S/C25H32N6O4/c1-17(2)23(27-24(32)20-8-5-18(3)6-9-20)25(33)28-26-16-19-7-10-21(22(15-19)31(34)35)30-13-11-29(4)12-14-30/h5-10,15-17,23H,11-14H2,1-4H3,(H,27,32)(H,28,33)/b26-16-. The molecule has 1 unspecified atom stereocenters. The lowest BCUT2D eigenvalue weighted by atomic mass is 10.0. The van der Waals surface area contributed by atoms with Crippen LogP contribution in [-0.4, -0.2) is 67.1 Å². The van der Waals surface area contributed by atoms with Crippen LogP contribution < -0.4 is 15.6 Å². The lowest BCUT2D eigenvalue weighted by molar-refractivity contribution is -0.384. The average Bonchev–Trinajstić information content (AvgIpc) is 2.83. The highest BCUT2D eigenvalue weighted by Gasteiger charge is 2.25. The third-order valence-corrected chi connectivity index (χ3v) is 5.98. The molecular formula is C25H32N6O4. The summed E-state index contributed by atoms with van der Waals surface area (Å²) in [7, 11) is 2.03. The van der Waals surface area contributed by atoms with E-state index in [1.807, 2.05) is 44.9 Å². The largest absolute Gasteiger partial charge is 0.363 e. The number of nitrogens with zero attached hydrogens (tertiary/aromatic N) is 4. The molecule has 0 saturated carbocycles. The van der Waals surface area contributed by atoms with Gasteiger partial charge in [-0.25, -0.2) is 5.43 Å². The monoisotopic (exact) mass is 480 g/mol. The third-order valence-electron chi connectivity index (χ3n) is 5.98. The summed E-state index contributed by atoms with van der Waals surface area (Å²) < 4.78 is 0. The molecule has 0 spiro atoms. The summed E-state index contributed by atoms with van der Waals surface area (Å²) in [5.41, 5.74) is 4.99. The Morgan fingerprint density at radius 1 is 1.09 bits per heavy atom. The predicted octanol–water partition coefficient (Wildman–Crippen LogP) is 2.56. The summed E-state index contributed by atoms with van der Waals surface area (Å²) >= 11 is 0. The number of amides is 2. The Balaban J connectivity index is 1.66. The van der Waals surface area contributed by atoms with Crippen LogP contribution in [0.2, 0.25) is 0 Å². The SMILES string of the molecule is Cc1ccc(C(=O)NC(C(=O)N/N=C\c2ccc(N3CCN(C)CC3)c([N+](=O)[O-])c2)C(C)C)cc1. The van der Waals surface area contributed by atoms with E-state index in [9.17, 15) is 19.7 Å². The molecule has 0 aromatic heterocycles. The van der Waals surface area contributed by atoms with Crippen molar-refractivity contribution in [1.82, 2.24) is 15.6 Å². The Bertz CT molecular complexity index is 1090. The van der Waals surface area contributed by atoms with Gasteiger partial charge in [0.25, 0.3) is 17.5 Å². The molecule has 1 aliphatic rings.